The summed E-state index contributed by atoms with van der Waals surface area (Å²) < 4.78 is 2.26. The number of aryl methyl sites for hydroxylation is 1. The minimum atomic E-state index is -0.257. The molecule has 1 saturated carbocycles. The van der Waals surface area contributed by atoms with E-state index in [0.29, 0.717) is 6.04 Å². The highest BCUT2D eigenvalue weighted by molar-refractivity contribution is 5.84. The van der Waals surface area contributed by atoms with Gasteiger partial charge in [0.1, 0.15) is 11.9 Å². The molecule has 2 aliphatic rings. The van der Waals surface area contributed by atoms with E-state index in [1.807, 2.05) is 31.0 Å². The van der Waals surface area contributed by atoms with Crippen LogP contribution >= 0.6 is 0 Å². The van der Waals surface area contributed by atoms with Crippen LogP contribution in [0.5, 0.6) is 0 Å². The zero-order valence-corrected chi connectivity index (χ0v) is 17.7. The standard InChI is InChI=1S/C23H33N5O/c1-17(23(29)27(2)20-12-5-3-6-13-20)24-19-11-9-10-18(16-19)22-26-25-21-14-7-4-8-15-28(21)22/h9-11,16-17,20,24H,3-8,12-15H2,1-2H3/t17-/m1/s1. The number of anilines is 1. The highest BCUT2D eigenvalue weighted by Crippen LogP contribution is 2.26. The number of benzene rings is 1. The molecule has 1 N–H and O–H groups in total. The molecule has 2 heterocycles. The van der Waals surface area contributed by atoms with E-state index in [-0.39, 0.29) is 11.9 Å². The molecule has 1 atom stereocenters. The Bertz CT molecular complexity index is 840. The zero-order valence-electron chi connectivity index (χ0n) is 17.7. The number of rotatable bonds is 5. The van der Waals surface area contributed by atoms with Crippen LogP contribution in [0.25, 0.3) is 11.4 Å². The quantitative estimate of drug-likeness (QED) is 0.821. The van der Waals surface area contributed by atoms with Crippen molar-refractivity contribution in [2.75, 3.05) is 12.4 Å². The minimum absolute atomic E-state index is 0.165. The fraction of sp³-hybridized carbons (Fsp3) is 0.609. The lowest BCUT2D eigenvalue weighted by atomic mass is 9.94. The molecule has 0 bridgehead atoms. The average Bonchev–Trinajstić information content (AvgIpc) is 3.01. The molecule has 0 radical (unpaired) electrons. The summed E-state index contributed by atoms with van der Waals surface area (Å²) >= 11 is 0. The zero-order chi connectivity index (χ0) is 20.2. The summed E-state index contributed by atoms with van der Waals surface area (Å²) in [5.41, 5.74) is 2.00. The largest absolute Gasteiger partial charge is 0.374 e. The predicted octanol–water partition coefficient (Wildman–Crippen LogP) is 4.26. The van der Waals surface area contributed by atoms with Crippen molar-refractivity contribution in [3.63, 3.8) is 0 Å². The van der Waals surface area contributed by atoms with E-state index in [1.165, 1.54) is 38.5 Å². The molecule has 1 aliphatic carbocycles. The lowest BCUT2D eigenvalue weighted by Gasteiger charge is -2.33. The molecular weight excluding hydrogens is 362 g/mol. The van der Waals surface area contributed by atoms with E-state index >= 15 is 0 Å². The third kappa shape index (κ3) is 4.46. The van der Waals surface area contributed by atoms with Crippen LogP contribution < -0.4 is 5.32 Å². The molecule has 1 aromatic heterocycles. The van der Waals surface area contributed by atoms with Gasteiger partial charge in [0, 0.05) is 37.3 Å². The summed E-state index contributed by atoms with van der Waals surface area (Å²) in [4.78, 5) is 14.9. The number of likely N-dealkylation sites (N-methyl/N-ethyl adjacent to an activating group) is 1. The first-order valence-corrected chi connectivity index (χ1v) is 11.2. The van der Waals surface area contributed by atoms with Gasteiger partial charge in [-0.3, -0.25) is 4.79 Å². The second-order valence-electron chi connectivity index (χ2n) is 8.59. The summed E-state index contributed by atoms with van der Waals surface area (Å²) in [6, 6.07) is 8.35. The molecule has 0 saturated heterocycles. The Kier molecular flexibility index (Phi) is 6.16. The third-order valence-electron chi connectivity index (χ3n) is 6.45. The van der Waals surface area contributed by atoms with Crippen LogP contribution in [0.4, 0.5) is 5.69 Å². The molecule has 1 amide bonds. The normalized spacial score (nSPS) is 18.6. The molecule has 29 heavy (non-hydrogen) atoms. The maximum absolute atomic E-state index is 12.9. The van der Waals surface area contributed by atoms with Crippen LogP contribution in [-0.2, 0) is 17.8 Å². The number of carbonyl (C=O) groups excluding carboxylic acids is 1. The molecule has 0 spiro atoms. The summed E-state index contributed by atoms with van der Waals surface area (Å²) in [5, 5.41) is 12.3. The smallest absolute Gasteiger partial charge is 0.244 e. The number of hydrogen-bond donors (Lipinski definition) is 1. The van der Waals surface area contributed by atoms with E-state index in [0.717, 1.165) is 48.7 Å². The SMILES string of the molecule is C[C@@H](Nc1cccc(-c2nnc3n2CCCCC3)c1)C(=O)N(C)C1CCCCC1. The van der Waals surface area contributed by atoms with E-state index in [2.05, 4.69) is 32.2 Å². The second kappa shape index (κ2) is 8.97. The first-order valence-electron chi connectivity index (χ1n) is 11.2. The van der Waals surface area contributed by atoms with Gasteiger partial charge >= 0.3 is 0 Å². The summed E-state index contributed by atoms with van der Waals surface area (Å²) in [5.74, 6) is 2.19. The van der Waals surface area contributed by atoms with Crippen molar-refractivity contribution in [1.82, 2.24) is 19.7 Å². The number of fused-ring (bicyclic) bond motifs is 1. The molecule has 156 valence electrons. The average molecular weight is 396 g/mol. The Morgan fingerprint density at radius 1 is 1.14 bits per heavy atom. The second-order valence-corrected chi connectivity index (χ2v) is 8.59. The number of aromatic nitrogens is 3. The summed E-state index contributed by atoms with van der Waals surface area (Å²) in [6.07, 6.45) is 10.6. The van der Waals surface area contributed by atoms with Gasteiger partial charge in [-0.1, -0.05) is 37.8 Å². The molecule has 1 aliphatic heterocycles. The van der Waals surface area contributed by atoms with Gasteiger partial charge in [0.2, 0.25) is 5.91 Å². The fourth-order valence-electron chi connectivity index (χ4n) is 4.71. The van der Waals surface area contributed by atoms with Gasteiger partial charge in [-0.15, -0.1) is 10.2 Å². The van der Waals surface area contributed by atoms with Crippen molar-refractivity contribution in [1.29, 1.82) is 0 Å². The summed E-state index contributed by atoms with van der Waals surface area (Å²) in [6.45, 7) is 2.94. The van der Waals surface area contributed by atoms with Crippen molar-refractivity contribution >= 4 is 11.6 Å². The molecule has 0 unspecified atom stereocenters. The molecule has 2 aromatic rings. The van der Waals surface area contributed by atoms with E-state index in [1.54, 1.807) is 0 Å². The van der Waals surface area contributed by atoms with Gasteiger partial charge in [0.25, 0.3) is 0 Å². The van der Waals surface area contributed by atoms with Crippen LogP contribution in [0.2, 0.25) is 0 Å². The third-order valence-corrected chi connectivity index (χ3v) is 6.45. The molecule has 1 aromatic carbocycles. The van der Waals surface area contributed by atoms with Crippen molar-refractivity contribution in [3.05, 3.63) is 30.1 Å². The van der Waals surface area contributed by atoms with E-state index < -0.39 is 0 Å². The molecule has 6 heteroatoms. The summed E-state index contributed by atoms with van der Waals surface area (Å²) in [7, 11) is 1.96. The van der Waals surface area contributed by atoms with Crippen molar-refractivity contribution in [2.24, 2.45) is 0 Å². The number of hydrogen-bond acceptors (Lipinski definition) is 4. The van der Waals surface area contributed by atoms with Gasteiger partial charge in [-0.25, -0.2) is 0 Å². The number of nitrogens with zero attached hydrogens (tertiary/aromatic N) is 4. The first-order chi connectivity index (χ1) is 14.1. The van der Waals surface area contributed by atoms with Gasteiger partial charge < -0.3 is 14.8 Å². The van der Waals surface area contributed by atoms with Crippen molar-refractivity contribution < 1.29 is 4.79 Å². The number of amides is 1. The predicted molar refractivity (Wildman–Crippen MR) is 116 cm³/mol. The monoisotopic (exact) mass is 395 g/mol. The highest BCUT2D eigenvalue weighted by Gasteiger charge is 2.25. The van der Waals surface area contributed by atoms with Crippen LogP contribution in [0.1, 0.15) is 64.1 Å². The van der Waals surface area contributed by atoms with Crippen LogP contribution in [0.15, 0.2) is 24.3 Å². The highest BCUT2D eigenvalue weighted by atomic mass is 16.2. The van der Waals surface area contributed by atoms with Gasteiger partial charge in [0.15, 0.2) is 5.82 Å². The number of nitrogens with one attached hydrogen (secondary N) is 1. The Labute approximate surface area is 173 Å². The Morgan fingerprint density at radius 3 is 2.76 bits per heavy atom. The molecular formula is C23H33N5O. The fourth-order valence-corrected chi connectivity index (χ4v) is 4.71. The lowest BCUT2D eigenvalue weighted by molar-refractivity contribution is -0.133. The van der Waals surface area contributed by atoms with Crippen molar-refractivity contribution in [3.8, 4) is 11.4 Å². The molecule has 1 fully saturated rings. The molecule has 4 rings (SSSR count). The molecule has 6 nitrogen and oxygen atoms in total. The minimum Gasteiger partial charge on any atom is -0.374 e. The van der Waals surface area contributed by atoms with Crippen molar-refractivity contribution in [2.45, 2.75) is 83.3 Å². The maximum atomic E-state index is 12.9. The van der Waals surface area contributed by atoms with Gasteiger partial charge in [-0.05, 0) is 44.7 Å². The van der Waals surface area contributed by atoms with Crippen LogP contribution in [0, 0.1) is 0 Å². The van der Waals surface area contributed by atoms with Gasteiger partial charge in [-0.2, -0.15) is 0 Å². The van der Waals surface area contributed by atoms with Gasteiger partial charge in [0.05, 0.1) is 0 Å². The first kappa shape index (κ1) is 19.9. The Balaban J connectivity index is 1.46. The topological polar surface area (TPSA) is 63.1 Å². The van der Waals surface area contributed by atoms with Crippen LogP contribution in [0.3, 0.4) is 0 Å². The lowest BCUT2D eigenvalue weighted by Crippen LogP contribution is -2.45. The number of carbonyl (C=O) groups is 1. The maximum Gasteiger partial charge on any atom is 0.244 e. The van der Waals surface area contributed by atoms with E-state index in [4.69, 9.17) is 0 Å². The Morgan fingerprint density at radius 2 is 1.93 bits per heavy atom. The Hall–Kier alpha value is -2.37. The van der Waals surface area contributed by atoms with Crippen LogP contribution in [-0.4, -0.2) is 44.7 Å². The van der Waals surface area contributed by atoms with E-state index in [9.17, 15) is 4.79 Å².